The summed E-state index contributed by atoms with van der Waals surface area (Å²) in [6.45, 7) is 5.12. The summed E-state index contributed by atoms with van der Waals surface area (Å²) >= 11 is 12.4. The third-order valence-corrected chi connectivity index (χ3v) is 8.04. The molecule has 1 atom stereocenters. The van der Waals surface area contributed by atoms with Crippen LogP contribution in [0.5, 0.6) is 0 Å². The second-order valence-corrected chi connectivity index (χ2v) is 10.5. The fraction of sp³-hybridized carbons (Fsp3) is 0.379. The van der Waals surface area contributed by atoms with Crippen molar-refractivity contribution >= 4 is 45.8 Å². The van der Waals surface area contributed by atoms with E-state index in [-0.39, 0.29) is 11.8 Å². The van der Waals surface area contributed by atoms with Gasteiger partial charge in [0.1, 0.15) is 6.04 Å². The summed E-state index contributed by atoms with van der Waals surface area (Å²) in [7, 11) is 0. The van der Waals surface area contributed by atoms with Crippen molar-refractivity contribution in [3.63, 3.8) is 0 Å². The second kappa shape index (κ2) is 11.8. The summed E-state index contributed by atoms with van der Waals surface area (Å²) in [6, 6.07) is 19.2. The van der Waals surface area contributed by atoms with Gasteiger partial charge in [0, 0.05) is 52.1 Å². The van der Waals surface area contributed by atoms with Gasteiger partial charge < -0.3 is 14.5 Å². The largest absolute Gasteiger partial charge is 0.379 e. The van der Waals surface area contributed by atoms with E-state index in [1.165, 1.54) is 0 Å². The number of hydrogen-bond acceptors (Lipinski definition) is 4. The average Bonchev–Trinajstić information content (AvgIpc) is 3.02. The maximum atomic E-state index is 14.1. The Morgan fingerprint density at radius 3 is 2.46 bits per heavy atom. The molecule has 8 heteroatoms. The van der Waals surface area contributed by atoms with E-state index in [4.69, 9.17) is 27.9 Å². The lowest BCUT2D eigenvalue weighted by molar-refractivity contribution is -0.142. The summed E-state index contributed by atoms with van der Waals surface area (Å²) in [5, 5.41) is 3.17. The Hall–Kier alpha value is -2.64. The van der Waals surface area contributed by atoms with Crippen molar-refractivity contribution in [3.05, 3.63) is 81.8 Å². The van der Waals surface area contributed by atoms with Gasteiger partial charge in [-0.05, 0) is 34.0 Å². The van der Waals surface area contributed by atoms with E-state index in [0.29, 0.717) is 62.3 Å². The van der Waals surface area contributed by atoms with Crippen LogP contribution in [0.2, 0.25) is 10.0 Å². The third kappa shape index (κ3) is 6.10. The number of nitrogens with zero attached hydrogens (tertiary/aromatic N) is 3. The van der Waals surface area contributed by atoms with Crippen LogP contribution in [0.4, 0.5) is 0 Å². The van der Waals surface area contributed by atoms with Crippen LogP contribution in [-0.2, 0) is 27.3 Å². The quantitative estimate of drug-likeness (QED) is 0.438. The van der Waals surface area contributed by atoms with Crippen LogP contribution in [0.15, 0.2) is 60.7 Å². The number of benzene rings is 3. The van der Waals surface area contributed by atoms with Gasteiger partial charge in [-0.1, -0.05) is 71.7 Å². The van der Waals surface area contributed by atoms with Crippen LogP contribution in [0.25, 0.3) is 10.8 Å². The smallest absolute Gasteiger partial charge is 0.246 e. The van der Waals surface area contributed by atoms with Crippen molar-refractivity contribution in [1.82, 2.24) is 14.7 Å². The van der Waals surface area contributed by atoms with Crippen LogP contribution in [0.1, 0.15) is 17.5 Å². The van der Waals surface area contributed by atoms with Crippen molar-refractivity contribution in [1.29, 1.82) is 0 Å². The lowest BCUT2D eigenvalue weighted by Crippen LogP contribution is -2.51. The zero-order valence-electron chi connectivity index (χ0n) is 20.7. The van der Waals surface area contributed by atoms with Gasteiger partial charge in [0.05, 0.1) is 23.3 Å². The molecule has 37 heavy (non-hydrogen) atoms. The Labute approximate surface area is 227 Å². The second-order valence-electron chi connectivity index (χ2n) is 9.66. The number of amides is 2. The minimum atomic E-state index is -0.608. The summed E-state index contributed by atoms with van der Waals surface area (Å²) in [6.07, 6.45) is 0.689. The van der Waals surface area contributed by atoms with Crippen LogP contribution >= 0.6 is 23.2 Å². The van der Waals surface area contributed by atoms with Gasteiger partial charge in [-0.2, -0.15) is 0 Å². The Balaban J connectivity index is 1.42. The van der Waals surface area contributed by atoms with Crippen LogP contribution < -0.4 is 0 Å². The van der Waals surface area contributed by atoms with Crippen molar-refractivity contribution < 1.29 is 14.3 Å². The maximum Gasteiger partial charge on any atom is 0.246 e. The predicted octanol–water partition coefficient (Wildman–Crippen LogP) is 4.65. The number of ether oxygens (including phenoxy) is 1. The van der Waals surface area contributed by atoms with Crippen molar-refractivity contribution in [2.45, 2.75) is 25.4 Å². The van der Waals surface area contributed by atoms with Crippen molar-refractivity contribution in [2.24, 2.45) is 0 Å². The van der Waals surface area contributed by atoms with Gasteiger partial charge in [0.2, 0.25) is 11.8 Å². The zero-order valence-corrected chi connectivity index (χ0v) is 22.3. The number of hydrogen-bond donors (Lipinski definition) is 0. The highest BCUT2D eigenvalue weighted by molar-refractivity contribution is 6.42. The molecule has 2 aliphatic heterocycles. The molecule has 0 bridgehead atoms. The van der Waals surface area contributed by atoms with E-state index in [9.17, 15) is 9.59 Å². The summed E-state index contributed by atoms with van der Waals surface area (Å²) in [5.41, 5.74) is 1.96. The number of halogens is 2. The molecule has 3 aromatic carbocycles. The molecule has 0 N–H and O–H groups in total. The molecule has 2 fully saturated rings. The van der Waals surface area contributed by atoms with Gasteiger partial charge in [-0.3, -0.25) is 14.5 Å². The SMILES string of the molecule is O=C1C(Cc2ccc(Cl)c(Cl)c2)N(CCN2CCOCC2)C(=O)CCN1Cc1cccc2ccccc12. The Morgan fingerprint density at radius 1 is 0.865 bits per heavy atom. The first-order chi connectivity index (χ1) is 18.0. The molecule has 0 aromatic heterocycles. The number of morpholine rings is 1. The molecule has 0 spiro atoms. The van der Waals surface area contributed by atoms with Crippen LogP contribution in [0, 0.1) is 0 Å². The third-order valence-electron chi connectivity index (χ3n) is 7.30. The number of rotatable bonds is 7. The first-order valence-corrected chi connectivity index (χ1v) is 13.5. The van der Waals surface area contributed by atoms with Gasteiger partial charge in [-0.15, -0.1) is 0 Å². The van der Waals surface area contributed by atoms with Crippen molar-refractivity contribution in [3.8, 4) is 0 Å². The fourth-order valence-electron chi connectivity index (χ4n) is 5.24. The molecule has 2 amide bonds. The lowest BCUT2D eigenvalue weighted by Gasteiger charge is -2.34. The molecule has 194 valence electrons. The first kappa shape index (κ1) is 26.0. The summed E-state index contributed by atoms with van der Waals surface area (Å²) in [5.74, 6) is -0.0288. The molecule has 2 heterocycles. The summed E-state index contributed by atoms with van der Waals surface area (Å²) < 4.78 is 5.47. The molecular formula is C29H31Cl2N3O3. The molecule has 0 saturated carbocycles. The fourth-order valence-corrected chi connectivity index (χ4v) is 5.56. The van der Waals surface area contributed by atoms with Gasteiger partial charge in [0.15, 0.2) is 0 Å². The van der Waals surface area contributed by atoms with E-state index in [2.05, 4.69) is 29.2 Å². The molecule has 2 saturated heterocycles. The molecule has 2 aliphatic rings. The normalized spacial score (nSPS) is 19.5. The number of fused-ring (bicyclic) bond motifs is 1. The van der Waals surface area contributed by atoms with E-state index in [1.807, 2.05) is 29.2 Å². The van der Waals surface area contributed by atoms with E-state index < -0.39 is 6.04 Å². The molecule has 1 unspecified atom stereocenters. The van der Waals surface area contributed by atoms with Gasteiger partial charge in [0.25, 0.3) is 0 Å². The lowest BCUT2D eigenvalue weighted by atomic mass is 10.0. The number of carbonyl (C=O) groups is 2. The maximum absolute atomic E-state index is 14.1. The highest BCUT2D eigenvalue weighted by Gasteiger charge is 2.36. The van der Waals surface area contributed by atoms with E-state index in [0.717, 1.165) is 35.0 Å². The molecule has 0 radical (unpaired) electrons. The Bertz CT molecular complexity index is 1270. The Kier molecular flexibility index (Phi) is 8.30. The van der Waals surface area contributed by atoms with Crippen LogP contribution in [-0.4, -0.2) is 78.5 Å². The number of carbonyl (C=O) groups excluding carboxylic acids is 2. The highest BCUT2D eigenvalue weighted by atomic mass is 35.5. The molecule has 6 nitrogen and oxygen atoms in total. The zero-order chi connectivity index (χ0) is 25.8. The van der Waals surface area contributed by atoms with E-state index in [1.54, 1.807) is 17.0 Å². The monoisotopic (exact) mass is 539 g/mol. The van der Waals surface area contributed by atoms with Gasteiger partial charge >= 0.3 is 0 Å². The first-order valence-electron chi connectivity index (χ1n) is 12.8. The minimum absolute atomic E-state index is 0.00656. The highest BCUT2D eigenvalue weighted by Crippen LogP contribution is 2.26. The minimum Gasteiger partial charge on any atom is -0.379 e. The standard InChI is InChI=1S/C29H31Cl2N3O3/c30-25-9-8-21(18-26(25)31)19-27-29(36)33(20-23-6-3-5-22-4-1-2-7-24(22)23)11-10-28(35)34(27)13-12-32-14-16-37-17-15-32/h1-9,18,27H,10-17,19-20H2. The van der Waals surface area contributed by atoms with E-state index >= 15 is 0 Å². The van der Waals surface area contributed by atoms with Crippen molar-refractivity contribution in [2.75, 3.05) is 45.9 Å². The molecule has 0 aliphatic carbocycles. The topological polar surface area (TPSA) is 53.1 Å². The molecule has 5 rings (SSSR count). The van der Waals surface area contributed by atoms with Gasteiger partial charge in [-0.25, -0.2) is 0 Å². The van der Waals surface area contributed by atoms with Crippen LogP contribution in [0.3, 0.4) is 0 Å². The molecule has 3 aromatic rings. The molecular weight excluding hydrogens is 509 g/mol. The average molecular weight is 540 g/mol. The predicted molar refractivity (Wildman–Crippen MR) is 147 cm³/mol. The Morgan fingerprint density at radius 2 is 1.65 bits per heavy atom. The summed E-state index contributed by atoms with van der Waals surface area (Å²) in [4.78, 5) is 33.4.